The van der Waals surface area contributed by atoms with Gasteiger partial charge in [-0.1, -0.05) is 24.3 Å². The van der Waals surface area contributed by atoms with E-state index < -0.39 is 5.97 Å². The molecule has 0 bridgehead atoms. The van der Waals surface area contributed by atoms with Crippen LogP contribution in [0.1, 0.15) is 26.4 Å². The van der Waals surface area contributed by atoms with Gasteiger partial charge < -0.3 is 15.4 Å². The van der Waals surface area contributed by atoms with E-state index in [-0.39, 0.29) is 17.4 Å². The highest BCUT2D eigenvalue weighted by atomic mass is 19.1. The number of carbonyl (C=O) groups is 2. The molecule has 0 atom stereocenters. The number of anilines is 2. The first-order valence-electron chi connectivity index (χ1n) is 8.87. The van der Waals surface area contributed by atoms with Gasteiger partial charge in [0, 0.05) is 6.54 Å². The number of methoxy groups -OCH3 is 1. The monoisotopic (exact) mass is 394 g/mol. The SMILES string of the molecule is COC(=O)c1ccccc1Nc1ccc(C(=O)NCCc2ccc(F)cc2)nn1. The van der Waals surface area contributed by atoms with Crippen LogP contribution < -0.4 is 10.6 Å². The molecular weight excluding hydrogens is 375 g/mol. The molecular formula is C21H19FN4O3. The first kappa shape index (κ1) is 19.9. The summed E-state index contributed by atoms with van der Waals surface area (Å²) in [4.78, 5) is 24.0. The maximum absolute atomic E-state index is 12.9. The third kappa shape index (κ3) is 5.35. The fraction of sp³-hybridized carbons (Fsp3) is 0.143. The fourth-order valence-electron chi connectivity index (χ4n) is 2.60. The fourth-order valence-corrected chi connectivity index (χ4v) is 2.60. The molecule has 0 aliphatic carbocycles. The highest BCUT2D eigenvalue weighted by molar-refractivity contribution is 5.96. The van der Waals surface area contributed by atoms with Gasteiger partial charge in [-0.15, -0.1) is 10.2 Å². The van der Waals surface area contributed by atoms with E-state index in [1.807, 2.05) is 0 Å². The van der Waals surface area contributed by atoms with Crippen LogP contribution >= 0.6 is 0 Å². The third-order valence-electron chi connectivity index (χ3n) is 4.10. The average molecular weight is 394 g/mol. The molecule has 1 aromatic heterocycles. The van der Waals surface area contributed by atoms with Crippen molar-refractivity contribution in [3.63, 3.8) is 0 Å². The van der Waals surface area contributed by atoms with Gasteiger partial charge in [0.25, 0.3) is 5.91 Å². The molecule has 0 unspecified atom stereocenters. The Balaban J connectivity index is 1.58. The zero-order valence-corrected chi connectivity index (χ0v) is 15.7. The second-order valence-corrected chi connectivity index (χ2v) is 6.10. The molecule has 0 fully saturated rings. The summed E-state index contributed by atoms with van der Waals surface area (Å²) in [5.41, 5.74) is 1.96. The molecule has 3 aromatic rings. The molecule has 148 valence electrons. The number of esters is 1. The third-order valence-corrected chi connectivity index (χ3v) is 4.10. The Morgan fingerprint density at radius 3 is 2.45 bits per heavy atom. The number of carbonyl (C=O) groups excluding carboxylic acids is 2. The Morgan fingerprint density at radius 1 is 1.00 bits per heavy atom. The van der Waals surface area contributed by atoms with Crippen LogP contribution in [-0.2, 0) is 11.2 Å². The minimum absolute atomic E-state index is 0.163. The summed E-state index contributed by atoms with van der Waals surface area (Å²) in [7, 11) is 1.31. The summed E-state index contributed by atoms with van der Waals surface area (Å²) in [5.74, 6) is -0.750. The van der Waals surface area contributed by atoms with Gasteiger partial charge in [0.2, 0.25) is 0 Å². The summed E-state index contributed by atoms with van der Waals surface area (Å²) in [6.07, 6.45) is 0.573. The van der Waals surface area contributed by atoms with Crippen molar-refractivity contribution < 1.29 is 18.7 Å². The van der Waals surface area contributed by atoms with E-state index in [0.717, 1.165) is 5.56 Å². The van der Waals surface area contributed by atoms with Crippen molar-refractivity contribution in [2.75, 3.05) is 19.0 Å². The molecule has 2 N–H and O–H groups in total. The summed E-state index contributed by atoms with van der Waals surface area (Å²) in [5, 5.41) is 13.6. The average Bonchev–Trinajstić information content (AvgIpc) is 2.75. The predicted molar refractivity (Wildman–Crippen MR) is 106 cm³/mol. The second kappa shape index (κ2) is 9.41. The van der Waals surface area contributed by atoms with Gasteiger partial charge in [-0.05, 0) is 48.4 Å². The molecule has 7 nitrogen and oxygen atoms in total. The van der Waals surface area contributed by atoms with E-state index in [1.165, 1.54) is 25.3 Å². The van der Waals surface area contributed by atoms with Crippen molar-refractivity contribution in [2.24, 2.45) is 0 Å². The summed E-state index contributed by atoms with van der Waals surface area (Å²) in [6, 6.07) is 16.1. The van der Waals surface area contributed by atoms with E-state index >= 15 is 0 Å². The molecule has 0 aliphatic rings. The highest BCUT2D eigenvalue weighted by Gasteiger charge is 2.12. The Morgan fingerprint density at radius 2 is 1.76 bits per heavy atom. The van der Waals surface area contributed by atoms with E-state index in [9.17, 15) is 14.0 Å². The predicted octanol–water partition coefficient (Wildman–Crippen LogP) is 3.12. The van der Waals surface area contributed by atoms with E-state index in [2.05, 4.69) is 20.8 Å². The number of halogens is 1. The number of amides is 1. The Kier molecular flexibility index (Phi) is 6.47. The molecule has 0 aliphatic heterocycles. The molecule has 0 saturated carbocycles. The Bertz CT molecular complexity index is 992. The first-order valence-corrected chi connectivity index (χ1v) is 8.87. The molecule has 3 rings (SSSR count). The molecule has 8 heteroatoms. The Labute approximate surface area is 166 Å². The van der Waals surface area contributed by atoms with Gasteiger partial charge in [0.15, 0.2) is 11.5 Å². The Hall–Kier alpha value is -3.81. The molecule has 0 spiro atoms. The molecule has 29 heavy (non-hydrogen) atoms. The second-order valence-electron chi connectivity index (χ2n) is 6.10. The van der Waals surface area contributed by atoms with E-state index in [1.54, 1.807) is 42.5 Å². The lowest BCUT2D eigenvalue weighted by molar-refractivity contribution is 0.0601. The smallest absolute Gasteiger partial charge is 0.339 e. The lowest BCUT2D eigenvalue weighted by Gasteiger charge is -2.10. The molecule has 0 saturated heterocycles. The van der Waals surface area contributed by atoms with Crippen LogP contribution in [-0.4, -0.2) is 35.7 Å². The van der Waals surface area contributed by atoms with Crippen molar-refractivity contribution in [3.8, 4) is 0 Å². The van der Waals surface area contributed by atoms with Crippen molar-refractivity contribution in [1.29, 1.82) is 0 Å². The van der Waals surface area contributed by atoms with Crippen LogP contribution in [0.4, 0.5) is 15.9 Å². The normalized spacial score (nSPS) is 10.3. The first-order chi connectivity index (χ1) is 14.1. The quantitative estimate of drug-likeness (QED) is 0.598. The maximum atomic E-state index is 12.9. The van der Waals surface area contributed by atoms with Crippen LogP contribution in [0.2, 0.25) is 0 Å². The summed E-state index contributed by atoms with van der Waals surface area (Å²) < 4.78 is 17.6. The minimum atomic E-state index is -0.474. The van der Waals surface area contributed by atoms with Crippen molar-refractivity contribution in [1.82, 2.24) is 15.5 Å². The standard InChI is InChI=1S/C21H19FN4O3/c1-29-21(28)16-4-2-3-5-17(16)24-19-11-10-18(25-26-19)20(27)23-13-12-14-6-8-15(22)9-7-14/h2-11H,12-13H2,1H3,(H,23,27)(H,24,26). The lowest BCUT2D eigenvalue weighted by Crippen LogP contribution is -2.26. The maximum Gasteiger partial charge on any atom is 0.339 e. The number of benzene rings is 2. The van der Waals surface area contributed by atoms with Gasteiger partial charge in [-0.2, -0.15) is 0 Å². The number of nitrogens with zero attached hydrogens (tertiary/aromatic N) is 2. The number of hydrogen-bond donors (Lipinski definition) is 2. The molecule has 0 radical (unpaired) electrons. The summed E-state index contributed by atoms with van der Waals surface area (Å²) >= 11 is 0. The lowest BCUT2D eigenvalue weighted by atomic mass is 10.1. The van der Waals surface area contributed by atoms with Gasteiger partial charge in [0.1, 0.15) is 5.82 Å². The largest absolute Gasteiger partial charge is 0.465 e. The van der Waals surface area contributed by atoms with E-state index in [0.29, 0.717) is 30.0 Å². The topological polar surface area (TPSA) is 93.2 Å². The molecule has 2 aromatic carbocycles. The van der Waals surface area contributed by atoms with Gasteiger partial charge in [0.05, 0.1) is 18.4 Å². The number of para-hydroxylation sites is 1. The number of nitrogens with one attached hydrogen (secondary N) is 2. The van der Waals surface area contributed by atoms with Gasteiger partial charge >= 0.3 is 5.97 Å². The van der Waals surface area contributed by atoms with Crippen LogP contribution in [0.5, 0.6) is 0 Å². The molecule has 1 amide bonds. The van der Waals surface area contributed by atoms with Gasteiger partial charge in [-0.25, -0.2) is 9.18 Å². The minimum Gasteiger partial charge on any atom is -0.465 e. The van der Waals surface area contributed by atoms with Crippen LogP contribution in [0.25, 0.3) is 0 Å². The van der Waals surface area contributed by atoms with Crippen LogP contribution in [0.3, 0.4) is 0 Å². The van der Waals surface area contributed by atoms with Crippen LogP contribution in [0, 0.1) is 5.82 Å². The van der Waals surface area contributed by atoms with Crippen molar-refractivity contribution in [3.05, 3.63) is 83.3 Å². The number of rotatable bonds is 7. The highest BCUT2D eigenvalue weighted by Crippen LogP contribution is 2.20. The number of aromatic nitrogens is 2. The number of ether oxygens (including phenoxy) is 1. The zero-order valence-electron chi connectivity index (χ0n) is 15.7. The van der Waals surface area contributed by atoms with E-state index in [4.69, 9.17) is 4.74 Å². The summed E-state index contributed by atoms with van der Waals surface area (Å²) in [6.45, 7) is 0.388. The number of hydrogen-bond acceptors (Lipinski definition) is 6. The zero-order chi connectivity index (χ0) is 20.6. The van der Waals surface area contributed by atoms with Crippen molar-refractivity contribution >= 4 is 23.4 Å². The van der Waals surface area contributed by atoms with Crippen molar-refractivity contribution in [2.45, 2.75) is 6.42 Å². The van der Waals surface area contributed by atoms with Crippen LogP contribution in [0.15, 0.2) is 60.7 Å². The van der Waals surface area contributed by atoms with Gasteiger partial charge in [-0.3, -0.25) is 4.79 Å². The molecule has 1 heterocycles.